The third-order valence-electron chi connectivity index (χ3n) is 13.6. The summed E-state index contributed by atoms with van der Waals surface area (Å²) in [5, 5.41) is 10.0. The van der Waals surface area contributed by atoms with Crippen LogP contribution in [0.2, 0.25) is 0 Å². The first-order chi connectivity index (χ1) is 31.8. The molecule has 0 unspecified atom stereocenters. The molecule has 0 radical (unpaired) electrons. The molecule has 0 bridgehead atoms. The molecule has 0 aliphatic carbocycles. The van der Waals surface area contributed by atoms with E-state index in [1.54, 1.807) is 0 Å². The predicted octanol–water partition coefficient (Wildman–Crippen LogP) is 15.7. The fraction of sp³-hybridized carbons (Fsp3) is 0. The van der Waals surface area contributed by atoms with Crippen LogP contribution < -0.4 is 0 Å². The van der Waals surface area contributed by atoms with Gasteiger partial charge in [-0.05, 0) is 96.6 Å². The van der Waals surface area contributed by atoms with Gasteiger partial charge in [0, 0.05) is 71.4 Å². The maximum atomic E-state index is 2.47. The Morgan fingerprint density at radius 1 is 0.203 bits per heavy atom. The van der Waals surface area contributed by atoms with Crippen molar-refractivity contribution in [1.29, 1.82) is 0 Å². The maximum Gasteiger partial charge on any atom is 0.0568 e. The van der Waals surface area contributed by atoms with Gasteiger partial charge in [0.1, 0.15) is 0 Å². The predicted molar refractivity (Wildman–Crippen MR) is 269 cm³/mol. The highest BCUT2D eigenvalue weighted by Crippen LogP contribution is 2.47. The number of benzene rings is 10. The normalized spacial score (nSPS) is 12.1. The average molecular weight is 815 g/mol. The van der Waals surface area contributed by atoms with Gasteiger partial charge < -0.3 is 18.3 Å². The topological polar surface area (TPSA) is 19.7 Å². The van der Waals surface area contributed by atoms with Crippen LogP contribution in [0.1, 0.15) is 0 Å². The van der Waals surface area contributed by atoms with Crippen molar-refractivity contribution < 1.29 is 0 Å². The van der Waals surface area contributed by atoms with E-state index in [0.717, 1.165) is 22.7 Å². The molecule has 4 aromatic heterocycles. The first kappa shape index (κ1) is 35.0. The number of hydrogen-bond donors (Lipinski definition) is 0. The minimum atomic E-state index is 1.12. The van der Waals surface area contributed by atoms with Crippen LogP contribution in [0.15, 0.2) is 231 Å². The summed E-state index contributed by atoms with van der Waals surface area (Å²) < 4.78 is 9.73. The SMILES string of the molecule is c1ccc(-c2c3c4ccccc4n(-c4ccc(-n5c6ccccc6c6ccccc65)cc4)c3cc3c2c2ccccc2n3-c2ccc(-n3c4ccccc4c4ccccc43)cc2)cc1. The first-order valence-electron chi connectivity index (χ1n) is 22.0. The number of nitrogens with zero attached hydrogens (tertiary/aromatic N) is 4. The summed E-state index contributed by atoms with van der Waals surface area (Å²) in [6.07, 6.45) is 0. The molecule has 0 aliphatic heterocycles. The minimum absolute atomic E-state index is 1.12. The number of fused-ring (bicyclic) bond motifs is 12. The fourth-order valence-corrected chi connectivity index (χ4v) is 10.9. The Morgan fingerprint density at radius 2 is 0.453 bits per heavy atom. The largest absolute Gasteiger partial charge is 0.309 e. The zero-order valence-electron chi connectivity index (χ0n) is 34.7. The van der Waals surface area contributed by atoms with Gasteiger partial charge in [0.15, 0.2) is 0 Å². The maximum absolute atomic E-state index is 2.47. The van der Waals surface area contributed by atoms with Crippen molar-refractivity contribution in [3.63, 3.8) is 0 Å². The van der Waals surface area contributed by atoms with Crippen LogP contribution in [0, 0.1) is 0 Å². The van der Waals surface area contributed by atoms with Gasteiger partial charge in [-0.3, -0.25) is 0 Å². The van der Waals surface area contributed by atoms with Crippen LogP contribution in [0.4, 0.5) is 0 Å². The third-order valence-corrected chi connectivity index (χ3v) is 13.6. The van der Waals surface area contributed by atoms with Crippen molar-refractivity contribution >= 4 is 87.2 Å². The van der Waals surface area contributed by atoms with Gasteiger partial charge in [0.2, 0.25) is 0 Å². The molecule has 0 aliphatic rings. The lowest BCUT2D eigenvalue weighted by Gasteiger charge is -2.14. The molecule has 4 nitrogen and oxygen atoms in total. The summed E-state index contributed by atoms with van der Waals surface area (Å²) in [4.78, 5) is 0. The lowest BCUT2D eigenvalue weighted by atomic mass is 9.94. The van der Waals surface area contributed by atoms with Crippen LogP contribution in [0.3, 0.4) is 0 Å². The first-order valence-corrected chi connectivity index (χ1v) is 22.0. The Bertz CT molecular complexity index is 3800. The van der Waals surface area contributed by atoms with Gasteiger partial charge in [-0.15, -0.1) is 0 Å². The number of para-hydroxylation sites is 6. The summed E-state index contributed by atoms with van der Waals surface area (Å²) >= 11 is 0. The summed E-state index contributed by atoms with van der Waals surface area (Å²) in [6, 6.07) is 84.4. The molecule has 0 amide bonds. The van der Waals surface area contributed by atoms with Crippen LogP contribution >= 0.6 is 0 Å². The molecule has 0 saturated heterocycles. The molecule has 0 spiro atoms. The van der Waals surface area contributed by atoms with Crippen LogP contribution in [-0.2, 0) is 0 Å². The Labute approximate surface area is 368 Å². The minimum Gasteiger partial charge on any atom is -0.309 e. The molecular formula is C60H38N4. The van der Waals surface area contributed by atoms with Crippen LogP contribution in [0.5, 0.6) is 0 Å². The fourth-order valence-electron chi connectivity index (χ4n) is 10.9. The molecule has 0 N–H and O–H groups in total. The molecular weight excluding hydrogens is 777 g/mol. The molecule has 14 aromatic rings. The zero-order valence-corrected chi connectivity index (χ0v) is 34.7. The van der Waals surface area contributed by atoms with Crippen molar-refractivity contribution in [3.8, 4) is 33.9 Å². The standard InChI is InChI=1S/C60H38N4/c1-2-16-39(17-3-1)58-59-48-22-8-14-28-54(48)63(42-34-30-40(31-35-42)61-50-24-10-4-18-44(50)45-19-5-11-25-51(45)61)56(59)38-57-60(58)49-23-9-15-29-55(49)64(57)43-36-32-41(33-37-43)62-52-26-12-6-20-46(52)47-21-7-13-27-53(47)62/h1-38H. The summed E-state index contributed by atoms with van der Waals surface area (Å²) in [5.74, 6) is 0. The second-order valence-corrected chi connectivity index (χ2v) is 16.9. The van der Waals surface area contributed by atoms with E-state index >= 15 is 0 Å². The van der Waals surface area contributed by atoms with E-state index in [2.05, 4.69) is 249 Å². The van der Waals surface area contributed by atoms with Crippen molar-refractivity contribution in [2.24, 2.45) is 0 Å². The van der Waals surface area contributed by atoms with Crippen molar-refractivity contribution in [1.82, 2.24) is 18.3 Å². The highest BCUT2D eigenvalue weighted by atomic mass is 15.0. The quantitative estimate of drug-likeness (QED) is 0.165. The van der Waals surface area contributed by atoms with Gasteiger partial charge in [-0.25, -0.2) is 0 Å². The number of rotatable bonds is 5. The summed E-state index contributed by atoms with van der Waals surface area (Å²) in [7, 11) is 0. The van der Waals surface area contributed by atoms with Crippen molar-refractivity contribution in [2.45, 2.75) is 0 Å². The van der Waals surface area contributed by atoms with E-state index in [0.29, 0.717) is 0 Å². The second-order valence-electron chi connectivity index (χ2n) is 16.9. The molecule has 14 rings (SSSR count). The van der Waals surface area contributed by atoms with Gasteiger partial charge in [0.05, 0.1) is 44.1 Å². The smallest absolute Gasteiger partial charge is 0.0568 e. The number of hydrogen-bond acceptors (Lipinski definition) is 0. The molecule has 0 saturated carbocycles. The molecule has 4 heteroatoms. The summed E-state index contributed by atoms with van der Waals surface area (Å²) in [5.41, 5.74) is 16.5. The van der Waals surface area contributed by atoms with E-state index in [9.17, 15) is 0 Å². The van der Waals surface area contributed by atoms with E-state index in [4.69, 9.17) is 0 Å². The second kappa shape index (κ2) is 13.4. The molecule has 64 heavy (non-hydrogen) atoms. The van der Waals surface area contributed by atoms with Gasteiger partial charge in [-0.2, -0.15) is 0 Å². The van der Waals surface area contributed by atoms with E-state index in [-0.39, 0.29) is 0 Å². The Hall–Kier alpha value is -8.60. The highest BCUT2D eigenvalue weighted by molar-refractivity contribution is 6.28. The van der Waals surface area contributed by atoms with E-state index in [1.165, 1.54) is 98.4 Å². The van der Waals surface area contributed by atoms with Crippen molar-refractivity contribution in [3.05, 3.63) is 231 Å². The lowest BCUT2D eigenvalue weighted by Crippen LogP contribution is -1.99. The van der Waals surface area contributed by atoms with Gasteiger partial charge in [-0.1, -0.05) is 140 Å². The monoisotopic (exact) mass is 814 g/mol. The van der Waals surface area contributed by atoms with E-state index in [1.807, 2.05) is 0 Å². The molecule has 0 fully saturated rings. The highest BCUT2D eigenvalue weighted by Gasteiger charge is 2.24. The Kier molecular flexibility index (Phi) is 7.36. The Balaban J connectivity index is 1.03. The molecule has 10 aromatic carbocycles. The Morgan fingerprint density at radius 3 is 0.781 bits per heavy atom. The molecule has 4 heterocycles. The van der Waals surface area contributed by atoms with Crippen LogP contribution in [-0.4, -0.2) is 18.3 Å². The third kappa shape index (κ3) is 4.88. The van der Waals surface area contributed by atoms with Crippen molar-refractivity contribution in [2.75, 3.05) is 0 Å². The number of aromatic nitrogens is 4. The average Bonchev–Trinajstić information content (AvgIpc) is 4.09. The van der Waals surface area contributed by atoms with Crippen LogP contribution in [0.25, 0.3) is 121 Å². The molecule has 298 valence electrons. The van der Waals surface area contributed by atoms with Gasteiger partial charge in [0.25, 0.3) is 0 Å². The lowest BCUT2D eigenvalue weighted by molar-refractivity contribution is 1.14. The van der Waals surface area contributed by atoms with Gasteiger partial charge >= 0.3 is 0 Å². The summed E-state index contributed by atoms with van der Waals surface area (Å²) in [6.45, 7) is 0. The van der Waals surface area contributed by atoms with E-state index < -0.39 is 0 Å². The zero-order chi connectivity index (χ0) is 41.9. The molecule has 0 atom stereocenters.